The molecule has 2 unspecified atom stereocenters. The van der Waals surface area contributed by atoms with Gasteiger partial charge in [0, 0.05) is 0 Å². The van der Waals surface area contributed by atoms with Crippen molar-refractivity contribution < 1.29 is 19.0 Å². The summed E-state index contributed by atoms with van der Waals surface area (Å²) in [6.45, 7) is 3.54. The Hall–Kier alpha value is -2.03. The minimum atomic E-state index is -4.63. The third-order valence-corrected chi connectivity index (χ3v) is 6.23. The molecule has 0 saturated heterocycles. The van der Waals surface area contributed by atoms with Crippen LogP contribution in [0.5, 0.6) is 0 Å². The zero-order valence-corrected chi connectivity index (χ0v) is 15.4. The molecule has 0 aromatic heterocycles. The van der Waals surface area contributed by atoms with Gasteiger partial charge in [0.2, 0.25) is 11.0 Å². The Morgan fingerprint density at radius 1 is 0.800 bits per heavy atom. The summed E-state index contributed by atoms with van der Waals surface area (Å²) in [4.78, 5) is 35.9. The largest absolute Gasteiger partial charge is 0.334 e. The van der Waals surface area contributed by atoms with Crippen molar-refractivity contribution in [2.24, 2.45) is 0 Å². The summed E-state index contributed by atoms with van der Waals surface area (Å²) in [5.74, 6) is -1.51. The molecule has 2 rings (SSSR count). The van der Waals surface area contributed by atoms with Gasteiger partial charge in [-0.15, -0.1) is 0 Å². The number of rotatable bonds is 8. The maximum atomic E-state index is 12.8. The molecular weight excluding hydrogens is 335 g/mol. The van der Waals surface area contributed by atoms with Gasteiger partial charge in [-0.3, -0.25) is 14.2 Å². The van der Waals surface area contributed by atoms with Crippen LogP contribution in [0.2, 0.25) is 0 Å². The molecule has 0 radical (unpaired) electrons. The summed E-state index contributed by atoms with van der Waals surface area (Å²) in [5.41, 5.74) is -0.434. The van der Waals surface area contributed by atoms with Crippen LogP contribution in [0.15, 0.2) is 60.7 Å². The molecule has 0 bridgehead atoms. The number of hydrogen-bond acceptors (Lipinski definition) is 3. The predicted molar refractivity (Wildman–Crippen MR) is 98.8 cm³/mol. The molecule has 0 aliphatic carbocycles. The average Bonchev–Trinajstić information content (AvgIpc) is 2.64. The first-order chi connectivity index (χ1) is 11.9. The first kappa shape index (κ1) is 19.3. The SMILES string of the molecule is CCC(C(=O)P(=O)(O)C(=O)C(CC)c1ccccc1)c1ccccc1. The van der Waals surface area contributed by atoms with Gasteiger partial charge in [-0.05, 0) is 24.0 Å². The van der Waals surface area contributed by atoms with Crippen molar-refractivity contribution in [3.8, 4) is 0 Å². The molecule has 2 aromatic carbocycles. The highest BCUT2D eigenvalue weighted by Gasteiger charge is 2.44. The Balaban J connectivity index is 2.33. The molecular formula is C20H23O4P. The Kier molecular flexibility index (Phi) is 6.46. The second-order valence-electron chi connectivity index (χ2n) is 6.00. The second kappa shape index (κ2) is 8.37. The van der Waals surface area contributed by atoms with Crippen LogP contribution >= 0.6 is 7.37 Å². The molecule has 1 N–H and O–H groups in total. The lowest BCUT2D eigenvalue weighted by molar-refractivity contribution is -0.117. The summed E-state index contributed by atoms with van der Waals surface area (Å²) in [7, 11) is -4.63. The van der Waals surface area contributed by atoms with Crippen LogP contribution in [-0.2, 0) is 14.2 Å². The van der Waals surface area contributed by atoms with Crippen molar-refractivity contribution in [2.45, 2.75) is 38.5 Å². The third kappa shape index (κ3) is 4.15. The standard InChI is InChI=1S/C20H23O4P/c1-3-17(15-11-7-5-8-12-15)19(21)25(23,24)20(22)18(4-2)16-13-9-6-10-14-16/h5-14,17-18H,3-4H2,1-2H3,(H,23,24). The van der Waals surface area contributed by atoms with Crippen LogP contribution in [0.4, 0.5) is 0 Å². The zero-order valence-electron chi connectivity index (χ0n) is 14.5. The van der Waals surface area contributed by atoms with Crippen molar-refractivity contribution in [3.05, 3.63) is 71.8 Å². The fourth-order valence-electron chi connectivity index (χ4n) is 3.01. The molecule has 5 heteroatoms. The van der Waals surface area contributed by atoms with E-state index in [2.05, 4.69) is 0 Å². The lowest BCUT2D eigenvalue weighted by Crippen LogP contribution is -2.21. The molecule has 0 aliphatic heterocycles. The van der Waals surface area contributed by atoms with Gasteiger partial charge in [-0.25, -0.2) is 0 Å². The molecule has 4 nitrogen and oxygen atoms in total. The van der Waals surface area contributed by atoms with Gasteiger partial charge >= 0.3 is 7.37 Å². The maximum Gasteiger partial charge on any atom is 0.329 e. The minimum absolute atomic E-state index is 0.364. The number of benzene rings is 2. The maximum absolute atomic E-state index is 12.8. The van der Waals surface area contributed by atoms with Gasteiger partial charge in [0.25, 0.3) is 0 Å². The summed E-state index contributed by atoms with van der Waals surface area (Å²) < 4.78 is 12.8. The predicted octanol–water partition coefficient (Wildman–Crippen LogP) is 4.70. The van der Waals surface area contributed by atoms with Crippen LogP contribution in [0, 0.1) is 0 Å². The lowest BCUT2D eigenvalue weighted by atomic mass is 9.98. The minimum Gasteiger partial charge on any atom is -0.334 e. The molecule has 0 saturated carbocycles. The van der Waals surface area contributed by atoms with E-state index in [0.717, 1.165) is 0 Å². The first-order valence-corrected chi connectivity index (χ1v) is 10.1. The van der Waals surface area contributed by atoms with Gasteiger partial charge in [-0.1, -0.05) is 74.5 Å². The first-order valence-electron chi connectivity index (χ1n) is 8.44. The van der Waals surface area contributed by atoms with Gasteiger partial charge in [0.15, 0.2) is 0 Å². The number of carbonyl (C=O) groups excluding carboxylic acids is 2. The fourth-order valence-corrected chi connectivity index (χ4v) is 4.73. The van der Waals surface area contributed by atoms with Crippen molar-refractivity contribution >= 4 is 18.4 Å². The number of hydrogen-bond donors (Lipinski definition) is 1. The summed E-state index contributed by atoms with van der Waals surface area (Å²) >= 11 is 0. The Labute approximate surface area is 148 Å². The van der Waals surface area contributed by atoms with Gasteiger partial charge in [0.1, 0.15) is 0 Å². The molecule has 0 heterocycles. The van der Waals surface area contributed by atoms with Crippen molar-refractivity contribution in [2.75, 3.05) is 0 Å². The zero-order chi connectivity index (χ0) is 18.4. The highest BCUT2D eigenvalue weighted by atomic mass is 31.2. The van der Waals surface area contributed by atoms with E-state index < -0.39 is 30.3 Å². The normalized spacial score (nSPS) is 15.8. The monoisotopic (exact) mass is 358 g/mol. The lowest BCUT2D eigenvalue weighted by Gasteiger charge is -2.21. The van der Waals surface area contributed by atoms with Crippen LogP contribution in [0.25, 0.3) is 0 Å². The molecule has 0 amide bonds. The van der Waals surface area contributed by atoms with E-state index in [1.165, 1.54) is 0 Å². The summed E-state index contributed by atoms with van der Waals surface area (Å²) in [5, 5.41) is 0. The topological polar surface area (TPSA) is 71.4 Å². The van der Waals surface area contributed by atoms with E-state index in [0.29, 0.717) is 24.0 Å². The quantitative estimate of drug-likeness (QED) is 0.695. The molecule has 0 aliphatic rings. The average molecular weight is 358 g/mol. The van der Waals surface area contributed by atoms with Crippen molar-refractivity contribution in [1.82, 2.24) is 0 Å². The van der Waals surface area contributed by atoms with Crippen molar-refractivity contribution in [3.63, 3.8) is 0 Å². The van der Waals surface area contributed by atoms with Crippen molar-refractivity contribution in [1.29, 1.82) is 0 Å². The Morgan fingerprint density at radius 2 is 1.12 bits per heavy atom. The highest BCUT2D eigenvalue weighted by Crippen LogP contribution is 2.52. The molecule has 2 aromatic rings. The van der Waals surface area contributed by atoms with Crippen LogP contribution in [0.1, 0.15) is 49.7 Å². The van der Waals surface area contributed by atoms with E-state index in [1.807, 2.05) is 12.1 Å². The Bertz CT molecular complexity index is 707. The molecule has 132 valence electrons. The Morgan fingerprint density at radius 3 is 1.40 bits per heavy atom. The fraction of sp³-hybridized carbons (Fsp3) is 0.300. The van der Waals surface area contributed by atoms with E-state index in [9.17, 15) is 19.0 Å². The van der Waals surface area contributed by atoms with Crippen LogP contribution < -0.4 is 0 Å². The third-order valence-electron chi connectivity index (χ3n) is 4.41. The molecule has 0 fully saturated rings. The second-order valence-corrected chi connectivity index (χ2v) is 8.03. The smallest absolute Gasteiger partial charge is 0.329 e. The van der Waals surface area contributed by atoms with Crippen LogP contribution in [0.3, 0.4) is 0 Å². The molecule has 0 spiro atoms. The summed E-state index contributed by atoms with van der Waals surface area (Å²) in [6.07, 6.45) is 0.728. The van der Waals surface area contributed by atoms with Gasteiger partial charge in [-0.2, -0.15) is 0 Å². The summed E-state index contributed by atoms with van der Waals surface area (Å²) in [6, 6.07) is 17.7. The molecule has 25 heavy (non-hydrogen) atoms. The van der Waals surface area contributed by atoms with Gasteiger partial charge < -0.3 is 4.89 Å². The number of carbonyl (C=O) groups is 2. The van der Waals surface area contributed by atoms with E-state index in [4.69, 9.17) is 0 Å². The van der Waals surface area contributed by atoms with E-state index >= 15 is 0 Å². The van der Waals surface area contributed by atoms with Gasteiger partial charge in [0.05, 0.1) is 11.8 Å². The van der Waals surface area contributed by atoms with Crippen LogP contribution in [-0.4, -0.2) is 15.9 Å². The highest BCUT2D eigenvalue weighted by molar-refractivity contribution is 7.90. The molecule has 2 atom stereocenters. The van der Waals surface area contributed by atoms with E-state index in [-0.39, 0.29) is 0 Å². The van der Waals surface area contributed by atoms with E-state index in [1.54, 1.807) is 62.4 Å².